The normalized spacial score (nSPS) is 25.2. The van der Waals surface area contributed by atoms with Crippen molar-refractivity contribution in [1.82, 2.24) is 10.1 Å². The van der Waals surface area contributed by atoms with Crippen molar-refractivity contribution in [2.24, 2.45) is 5.92 Å². The van der Waals surface area contributed by atoms with Crippen LogP contribution in [0.2, 0.25) is 0 Å². The first-order chi connectivity index (χ1) is 11.7. The summed E-state index contributed by atoms with van der Waals surface area (Å²) in [6, 6.07) is 8.43. The lowest BCUT2D eigenvalue weighted by Gasteiger charge is -2.45. The second kappa shape index (κ2) is 6.24. The van der Waals surface area contributed by atoms with Crippen molar-refractivity contribution in [1.29, 1.82) is 0 Å². The number of aromatic nitrogens is 1. The molecule has 1 aromatic heterocycles. The third-order valence-electron chi connectivity index (χ3n) is 5.08. The first kappa shape index (κ1) is 15.1. The molecule has 24 heavy (non-hydrogen) atoms. The van der Waals surface area contributed by atoms with Crippen molar-refractivity contribution in [3.63, 3.8) is 0 Å². The monoisotopic (exact) mass is 328 g/mol. The summed E-state index contributed by atoms with van der Waals surface area (Å²) in [6.45, 7) is 3.69. The van der Waals surface area contributed by atoms with Gasteiger partial charge in [-0.1, -0.05) is 17.3 Å². The Morgan fingerprint density at radius 1 is 1.25 bits per heavy atom. The molecule has 2 atom stereocenters. The Bertz CT molecular complexity index is 772. The largest absolute Gasteiger partial charge is 0.354 e. The van der Waals surface area contributed by atoms with E-state index in [2.05, 4.69) is 15.0 Å². The number of piperidine rings is 1. The van der Waals surface area contributed by atoms with Crippen LogP contribution in [0.3, 0.4) is 0 Å². The number of para-hydroxylation sites is 1. The van der Waals surface area contributed by atoms with Gasteiger partial charge in [0.05, 0.1) is 10.3 Å². The number of hydrogen-bond donors (Lipinski definition) is 0. The zero-order valence-corrected chi connectivity index (χ0v) is 13.4. The molecule has 4 rings (SSSR count). The SMILES string of the molecule is O=[N+]([O-])/C=C/[C@@H]1CC[C@H]2CN(c3noc4ccccc34)CCN2C1. The van der Waals surface area contributed by atoms with Crippen LogP contribution in [0.4, 0.5) is 5.82 Å². The van der Waals surface area contributed by atoms with Gasteiger partial charge in [-0.2, -0.15) is 0 Å². The van der Waals surface area contributed by atoms with Crippen molar-refractivity contribution in [3.05, 3.63) is 46.7 Å². The number of benzene rings is 1. The van der Waals surface area contributed by atoms with Gasteiger partial charge in [-0.3, -0.25) is 15.0 Å². The van der Waals surface area contributed by atoms with Crippen LogP contribution in [0.15, 0.2) is 41.1 Å². The molecule has 2 aliphatic heterocycles. The molecular formula is C17H20N4O3. The van der Waals surface area contributed by atoms with E-state index in [1.54, 1.807) is 6.08 Å². The van der Waals surface area contributed by atoms with Gasteiger partial charge < -0.3 is 9.42 Å². The fourth-order valence-corrected chi connectivity index (χ4v) is 3.85. The molecule has 0 aliphatic carbocycles. The van der Waals surface area contributed by atoms with Crippen molar-refractivity contribution in [2.75, 3.05) is 31.1 Å². The zero-order chi connectivity index (χ0) is 16.5. The van der Waals surface area contributed by atoms with Crippen LogP contribution in [0, 0.1) is 16.0 Å². The maximum Gasteiger partial charge on any atom is 0.230 e. The molecule has 2 fully saturated rings. The number of hydrogen-bond acceptors (Lipinski definition) is 6. The first-order valence-electron chi connectivity index (χ1n) is 8.36. The van der Waals surface area contributed by atoms with Gasteiger partial charge in [-0.05, 0) is 37.0 Å². The van der Waals surface area contributed by atoms with Crippen molar-refractivity contribution in [3.8, 4) is 0 Å². The topological polar surface area (TPSA) is 75.6 Å². The Kier molecular flexibility index (Phi) is 3.93. The van der Waals surface area contributed by atoms with E-state index in [4.69, 9.17) is 4.52 Å². The number of rotatable bonds is 3. The van der Waals surface area contributed by atoms with Crippen molar-refractivity contribution in [2.45, 2.75) is 18.9 Å². The number of nitro groups is 1. The molecule has 0 spiro atoms. The fraction of sp³-hybridized carbons (Fsp3) is 0.471. The average molecular weight is 328 g/mol. The highest BCUT2D eigenvalue weighted by Gasteiger charge is 2.33. The summed E-state index contributed by atoms with van der Waals surface area (Å²) in [7, 11) is 0. The van der Waals surface area contributed by atoms with Gasteiger partial charge in [0.2, 0.25) is 6.20 Å². The Morgan fingerprint density at radius 2 is 2.12 bits per heavy atom. The Labute approximate surface area is 139 Å². The van der Waals surface area contributed by atoms with Crippen molar-refractivity contribution >= 4 is 16.8 Å². The second-order valence-corrected chi connectivity index (χ2v) is 6.56. The highest BCUT2D eigenvalue weighted by molar-refractivity contribution is 5.88. The summed E-state index contributed by atoms with van der Waals surface area (Å²) in [5, 5.41) is 15.8. The highest BCUT2D eigenvalue weighted by Crippen LogP contribution is 2.31. The summed E-state index contributed by atoms with van der Waals surface area (Å²) < 4.78 is 5.43. The number of anilines is 1. The van der Waals surface area contributed by atoms with E-state index in [1.165, 1.54) is 0 Å². The molecule has 126 valence electrons. The third kappa shape index (κ3) is 2.87. The Balaban J connectivity index is 1.45. The van der Waals surface area contributed by atoms with Gasteiger partial charge in [0.25, 0.3) is 0 Å². The number of nitrogens with zero attached hydrogens (tertiary/aromatic N) is 4. The van der Waals surface area contributed by atoms with Gasteiger partial charge in [-0.15, -0.1) is 0 Å². The standard InChI is InChI=1S/C17H20N4O3/c22-21(23)8-7-13-5-6-14-12-20(10-9-19(14)11-13)17-15-3-1-2-4-16(15)24-18-17/h1-4,7-8,13-14H,5-6,9-12H2/b8-7+/t13-,14-/m0/s1. The summed E-state index contributed by atoms with van der Waals surface area (Å²) in [5.74, 6) is 1.21. The Morgan fingerprint density at radius 3 is 3.00 bits per heavy atom. The molecule has 0 saturated carbocycles. The summed E-state index contributed by atoms with van der Waals surface area (Å²) in [4.78, 5) is 14.9. The minimum Gasteiger partial charge on any atom is -0.354 e. The molecule has 3 heterocycles. The third-order valence-corrected chi connectivity index (χ3v) is 5.08. The van der Waals surface area contributed by atoms with Crippen LogP contribution >= 0.6 is 0 Å². The first-order valence-corrected chi connectivity index (χ1v) is 8.36. The number of piperazine rings is 1. The van der Waals surface area contributed by atoms with Gasteiger partial charge in [0.1, 0.15) is 0 Å². The van der Waals surface area contributed by atoms with Crippen LogP contribution in [0.25, 0.3) is 11.0 Å². The van der Waals surface area contributed by atoms with E-state index in [9.17, 15) is 10.1 Å². The molecule has 0 N–H and O–H groups in total. The Hall–Kier alpha value is -2.41. The molecule has 7 nitrogen and oxygen atoms in total. The maximum atomic E-state index is 10.5. The van der Waals surface area contributed by atoms with Crippen LogP contribution < -0.4 is 4.90 Å². The highest BCUT2D eigenvalue weighted by atomic mass is 16.6. The van der Waals surface area contributed by atoms with E-state index in [0.717, 1.165) is 62.0 Å². The lowest BCUT2D eigenvalue weighted by Crippen LogP contribution is -2.56. The van der Waals surface area contributed by atoms with Gasteiger partial charge in [0, 0.05) is 32.2 Å². The predicted molar refractivity (Wildman–Crippen MR) is 90.4 cm³/mol. The van der Waals surface area contributed by atoms with Crippen LogP contribution in [-0.2, 0) is 0 Å². The smallest absolute Gasteiger partial charge is 0.230 e. The van der Waals surface area contributed by atoms with E-state index in [1.807, 2.05) is 24.3 Å². The molecule has 0 radical (unpaired) electrons. The van der Waals surface area contributed by atoms with Gasteiger partial charge in [-0.25, -0.2) is 0 Å². The quantitative estimate of drug-likeness (QED) is 0.636. The number of fused-ring (bicyclic) bond motifs is 2. The van der Waals surface area contributed by atoms with Crippen LogP contribution in [-0.4, -0.2) is 47.2 Å². The molecule has 0 amide bonds. The fourth-order valence-electron chi connectivity index (χ4n) is 3.85. The van der Waals surface area contributed by atoms with E-state index in [-0.39, 0.29) is 10.8 Å². The maximum absolute atomic E-state index is 10.5. The molecular weight excluding hydrogens is 308 g/mol. The van der Waals surface area contributed by atoms with E-state index < -0.39 is 0 Å². The molecule has 0 unspecified atom stereocenters. The summed E-state index contributed by atoms with van der Waals surface area (Å²) in [5.41, 5.74) is 0.823. The zero-order valence-electron chi connectivity index (χ0n) is 13.4. The molecule has 2 saturated heterocycles. The summed E-state index contributed by atoms with van der Waals surface area (Å²) in [6.07, 6.45) is 4.88. The lowest BCUT2D eigenvalue weighted by atomic mass is 9.91. The lowest BCUT2D eigenvalue weighted by molar-refractivity contribution is -0.402. The van der Waals surface area contributed by atoms with E-state index in [0.29, 0.717) is 6.04 Å². The summed E-state index contributed by atoms with van der Waals surface area (Å²) >= 11 is 0. The molecule has 7 heteroatoms. The second-order valence-electron chi connectivity index (χ2n) is 6.56. The van der Waals surface area contributed by atoms with Crippen molar-refractivity contribution < 1.29 is 9.45 Å². The predicted octanol–water partition coefficient (Wildman–Crippen LogP) is 2.52. The molecule has 0 bridgehead atoms. The molecule has 2 aromatic rings. The van der Waals surface area contributed by atoms with Gasteiger partial charge >= 0.3 is 0 Å². The molecule has 1 aromatic carbocycles. The van der Waals surface area contributed by atoms with Crippen LogP contribution in [0.5, 0.6) is 0 Å². The van der Waals surface area contributed by atoms with Crippen LogP contribution in [0.1, 0.15) is 12.8 Å². The van der Waals surface area contributed by atoms with Gasteiger partial charge in [0.15, 0.2) is 11.4 Å². The van der Waals surface area contributed by atoms with E-state index >= 15 is 0 Å². The average Bonchev–Trinajstić information content (AvgIpc) is 3.03. The molecule has 2 aliphatic rings. The minimum atomic E-state index is -0.375. The minimum absolute atomic E-state index is 0.283.